The summed E-state index contributed by atoms with van der Waals surface area (Å²) in [5.74, 6) is -2.11. The predicted octanol–water partition coefficient (Wildman–Crippen LogP) is 0.951. The van der Waals surface area contributed by atoms with Crippen LogP contribution in [-0.4, -0.2) is 55.7 Å². The fourth-order valence-electron chi connectivity index (χ4n) is 1.99. The molecular formula is C14H20F2N3O7P. The topological polar surface area (TPSA) is 176 Å². The highest BCUT2D eigenvalue weighted by molar-refractivity contribution is 7.46. The van der Waals surface area contributed by atoms with E-state index in [1.807, 2.05) is 0 Å². The summed E-state index contributed by atoms with van der Waals surface area (Å²) < 4.78 is 40.7. The van der Waals surface area contributed by atoms with E-state index in [9.17, 15) is 23.2 Å². The molecule has 6 N–H and O–H groups in total. The molecule has 0 saturated carbocycles. The zero-order valence-electron chi connectivity index (χ0n) is 14.2. The van der Waals surface area contributed by atoms with Crippen molar-refractivity contribution < 1.29 is 42.7 Å². The van der Waals surface area contributed by atoms with Crippen molar-refractivity contribution in [3.8, 4) is 5.75 Å². The van der Waals surface area contributed by atoms with Crippen molar-refractivity contribution in [3.05, 3.63) is 23.0 Å². The Kier molecular flexibility index (Phi) is 7.93. The lowest BCUT2D eigenvalue weighted by molar-refractivity contribution is -0.150. The van der Waals surface area contributed by atoms with E-state index in [1.165, 1.54) is 13.1 Å². The van der Waals surface area contributed by atoms with Crippen molar-refractivity contribution in [2.24, 2.45) is 10.7 Å². The molecule has 0 amide bonds. The van der Waals surface area contributed by atoms with Crippen LogP contribution < -0.4 is 5.73 Å². The predicted molar refractivity (Wildman–Crippen MR) is 89.7 cm³/mol. The summed E-state index contributed by atoms with van der Waals surface area (Å²) in [4.78, 5) is 36.1. The average molecular weight is 411 g/mol. The van der Waals surface area contributed by atoms with Crippen molar-refractivity contribution in [3.63, 3.8) is 0 Å². The molecule has 10 nitrogen and oxygen atoms in total. The van der Waals surface area contributed by atoms with E-state index in [4.69, 9.17) is 20.6 Å². The number of carboxylic acid groups (broad SMARTS) is 1. The number of aliphatic imine (C=N–C) groups is 1. The lowest BCUT2D eigenvalue weighted by Crippen LogP contribution is -2.54. The maximum absolute atomic E-state index is 12.8. The Morgan fingerprint density at radius 1 is 1.52 bits per heavy atom. The Labute approximate surface area is 153 Å². The first-order chi connectivity index (χ1) is 12.4. The molecule has 0 saturated heterocycles. The first kappa shape index (κ1) is 23.1. The third-order valence-corrected chi connectivity index (χ3v) is 4.10. The van der Waals surface area contributed by atoms with Gasteiger partial charge in [0.1, 0.15) is 5.75 Å². The van der Waals surface area contributed by atoms with Gasteiger partial charge >= 0.3 is 13.8 Å². The largest absolute Gasteiger partial charge is 0.505 e. The number of carboxylic acids is 1. The highest BCUT2D eigenvalue weighted by atomic mass is 31.2. The van der Waals surface area contributed by atoms with Crippen LogP contribution in [0.4, 0.5) is 8.78 Å². The van der Waals surface area contributed by atoms with Gasteiger partial charge in [-0.3, -0.25) is 14.5 Å². The van der Waals surface area contributed by atoms with Gasteiger partial charge in [-0.25, -0.2) is 18.1 Å². The second kappa shape index (κ2) is 9.29. The molecule has 13 heteroatoms. The van der Waals surface area contributed by atoms with Crippen LogP contribution in [0.25, 0.3) is 0 Å². The third-order valence-electron chi connectivity index (χ3n) is 3.63. The van der Waals surface area contributed by atoms with Gasteiger partial charge in [0.15, 0.2) is 5.54 Å². The number of aromatic hydroxyl groups is 1. The van der Waals surface area contributed by atoms with Crippen molar-refractivity contribution in [2.75, 3.05) is 6.54 Å². The molecule has 0 aliphatic carbocycles. The van der Waals surface area contributed by atoms with Crippen LogP contribution in [0.1, 0.15) is 29.7 Å². The number of alkyl halides is 2. The van der Waals surface area contributed by atoms with Crippen LogP contribution in [-0.2, 0) is 20.5 Å². The number of aryl methyl sites for hydroxylation is 1. The third kappa shape index (κ3) is 6.60. The molecule has 1 aromatic rings. The molecule has 0 aliphatic rings. The maximum atomic E-state index is 12.8. The molecule has 1 aromatic heterocycles. The Bertz CT molecular complexity index is 756. The van der Waals surface area contributed by atoms with Gasteiger partial charge in [0.05, 0.1) is 12.3 Å². The molecule has 1 heterocycles. The normalized spacial score (nSPS) is 14.6. The molecule has 152 valence electrons. The number of carbonyl (C=O) groups is 1. The fraction of sp³-hybridized carbons (Fsp3) is 0.500. The molecule has 0 aromatic carbocycles. The fourth-order valence-corrected chi connectivity index (χ4v) is 2.30. The van der Waals surface area contributed by atoms with E-state index in [-0.39, 0.29) is 35.5 Å². The summed E-state index contributed by atoms with van der Waals surface area (Å²) >= 11 is 0. The first-order valence-corrected chi connectivity index (χ1v) is 9.09. The number of aromatic nitrogens is 1. The van der Waals surface area contributed by atoms with Crippen molar-refractivity contribution in [1.29, 1.82) is 0 Å². The summed E-state index contributed by atoms with van der Waals surface area (Å²) in [6.45, 7) is 0.861. The van der Waals surface area contributed by atoms with Crippen molar-refractivity contribution >= 4 is 20.0 Å². The second-order valence-electron chi connectivity index (χ2n) is 5.68. The number of hydrogen-bond acceptors (Lipinski definition) is 7. The number of nitrogens with two attached hydrogens (primary N) is 1. The zero-order chi connectivity index (χ0) is 20.8. The monoisotopic (exact) mass is 411 g/mol. The molecule has 27 heavy (non-hydrogen) atoms. The number of phosphoric ester groups is 1. The SMILES string of the molecule is Cc1ncc(COP(=O)(O)O)c(C=NCCCC(N)(C(=O)O)C(F)F)c1O. The van der Waals surface area contributed by atoms with Gasteiger partial charge in [-0.1, -0.05) is 0 Å². The quantitative estimate of drug-likeness (QED) is 0.213. The standard InChI is InChI=1S/C14H20F2N3O7P/c1-8-11(20)10(9(5-19-8)7-26-27(23,24)25)6-18-4-2-3-14(17,12(15)16)13(21)22/h5-6,12,20H,2-4,7,17H2,1H3,(H,21,22)(H2,23,24,25). The van der Waals surface area contributed by atoms with Gasteiger partial charge in [-0.15, -0.1) is 0 Å². The van der Waals surface area contributed by atoms with E-state index < -0.39 is 38.8 Å². The molecule has 0 bridgehead atoms. The molecule has 1 unspecified atom stereocenters. The summed E-state index contributed by atoms with van der Waals surface area (Å²) in [6, 6.07) is 0. The minimum absolute atomic E-state index is 0.0667. The summed E-state index contributed by atoms with van der Waals surface area (Å²) in [5, 5.41) is 18.8. The number of aliphatic carboxylic acids is 1. The van der Waals surface area contributed by atoms with Crippen LogP contribution in [0.3, 0.4) is 0 Å². The number of phosphoric acid groups is 1. The minimum atomic E-state index is -4.75. The van der Waals surface area contributed by atoms with Crippen LogP contribution in [0.5, 0.6) is 5.75 Å². The van der Waals surface area contributed by atoms with Crippen molar-refractivity contribution in [2.45, 2.75) is 38.3 Å². The van der Waals surface area contributed by atoms with Gasteiger partial charge in [-0.05, 0) is 19.8 Å². The smallest absolute Gasteiger partial charge is 0.469 e. The lowest BCUT2D eigenvalue weighted by atomic mass is 9.95. The van der Waals surface area contributed by atoms with Gasteiger partial charge in [0.25, 0.3) is 6.43 Å². The van der Waals surface area contributed by atoms with Gasteiger partial charge in [0, 0.05) is 30.1 Å². The van der Waals surface area contributed by atoms with Crippen LogP contribution >= 0.6 is 7.82 Å². The Morgan fingerprint density at radius 2 is 2.15 bits per heavy atom. The Hall–Kier alpha value is -1.98. The van der Waals surface area contributed by atoms with Gasteiger partial charge in [-0.2, -0.15) is 0 Å². The van der Waals surface area contributed by atoms with Gasteiger partial charge in [0.2, 0.25) is 0 Å². The number of hydrogen-bond donors (Lipinski definition) is 5. The maximum Gasteiger partial charge on any atom is 0.469 e. The van der Waals surface area contributed by atoms with E-state index >= 15 is 0 Å². The summed E-state index contributed by atoms with van der Waals surface area (Å²) in [5.41, 5.74) is 2.96. The second-order valence-corrected chi connectivity index (χ2v) is 6.92. The number of pyridine rings is 1. The van der Waals surface area contributed by atoms with Crippen LogP contribution in [0.2, 0.25) is 0 Å². The number of nitrogens with zero attached hydrogens (tertiary/aromatic N) is 2. The molecular weight excluding hydrogens is 391 g/mol. The zero-order valence-corrected chi connectivity index (χ0v) is 15.1. The minimum Gasteiger partial charge on any atom is -0.505 e. The highest BCUT2D eigenvalue weighted by Crippen LogP contribution is 2.37. The van der Waals surface area contributed by atoms with E-state index in [1.54, 1.807) is 0 Å². The molecule has 0 spiro atoms. The van der Waals surface area contributed by atoms with Crippen LogP contribution in [0.15, 0.2) is 11.2 Å². The summed E-state index contributed by atoms with van der Waals surface area (Å²) in [7, 11) is -4.75. The van der Waals surface area contributed by atoms with E-state index in [0.717, 1.165) is 6.21 Å². The Balaban J connectivity index is 2.84. The average Bonchev–Trinajstić information content (AvgIpc) is 2.55. The number of rotatable bonds is 10. The summed E-state index contributed by atoms with van der Waals surface area (Å²) in [6.07, 6.45) is -1.44. The number of halogens is 2. The molecule has 1 atom stereocenters. The lowest BCUT2D eigenvalue weighted by Gasteiger charge is -2.22. The van der Waals surface area contributed by atoms with E-state index in [0.29, 0.717) is 0 Å². The Morgan fingerprint density at radius 3 is 2.67 bits per heavy atom. The highest BCUT2D eigenvalue weighted by Gasteiger charge is 2.43. The first-order valence-electron chi connectivity index (χ1n) is 7.56. The molecule has 0 aliphatic heterocycles. The molecule has 0 radical (unpaired) electrons. The van der Waals surface area contributed by atoms with Crippen molar-refractivity contribution in [1.82, 2.24) is 4.98 Å². The van der Waals surface area contributed by atoms with Gasteiger partial charge < -0.3 is 25.7 Å². The molecule has 1 rings (SSSR count). The van der Waals surface area contributed by atoms with Crippen LogP contribution in [0, 0.1) is 6.92 Å². The molecule has 0 fully saturated rings. The van der Waals surface area contributed by atoms with E-state index in [2.05, 4.69) is 14.5 Å².